The lowest BCUT2D eigenvalue weighted by Crippen LogP contribution is -2.32. The average Bonchev–Trinajstić information content (AvgIpc) is 3.32. The SMILES string of the molecule is Cc1ccc(C)c(NC(=O)CCN2C(=S)NC(c3ccccn3)C2c2ccc(C)o2)c1. The predicted molar refractivity (Wildman–Crippen MR) is 125 cm³/mol. The second-order valence-corrected chi connectivity index (χ2v) is 8.27. The fraction of sp³-hybridized carbons (Fsp3) is 0.292. The molecule has 2 unspecified atom stereocenters. The molecule has 4 rings (SSSR count). The number of carbonyl (C=O) groups is 1. The number of amides is 1. The molecule has 1 amide bonds. The zero-order valence-electron chi connectivity index (χ0n) is 17.9. The topological polar surface area (TPSA) is 70.4 Å². The van der Waals surface area contributed by atoms with Crippen LogP contribution in [0.5, 0.6) is 0 Å². The van der Waals surface area contributed by atoms with Crippen LogP contribution in [0, 0.1) is 20.8 Å². The molecule has 2 atom stereocenters. The summed E-state index contributed by atoms with van der Waals surface area (Å²) in [6.07, 6.45) is 2.07. The Hall–Kier alpha value is -3.19. The highest BCUT2D eigenvalue weighted by Crippen LogP contribution is 2.39. The van der Waals surface area contributed by atoms with Gasteiger partial charge in [0.15, 0.2) is 5.11 Å². The number of nitrogens with one attached hydrogen (secondary N) is 2. The molecule has 7 heteroatoms. The molecule has 31 heavy (non-hydrogen) atoms. The first-order chi connectivity index (χ1) is 14.9. The molecule has 0 radical (unpaired) electrons. The monoisotopic (exact) mass is 434 g/mol. The quantitative estimate of drug-likeness (QED) is 0.553. The van der Waals surface area contributed by atoms with E-state index in [0.717, 1.165) is 34.0 Å². The maximum atomic E-state index is 12.7. The Morgan fingerprint density at radius 1 is 1.19 bits per heavy atom. The summed E-state index contributed by atoms with van der Waals surface area (Å²) >= 11 is 5.63. The number of furan rings is 1. The van der Waals surface area contributed by atoms with Gasteiger partial charge in [0, 0.05) is 24.8 Å². The summed E-state index contributed by atoms with van der Waals surface area (Å²) in [6.45, 7) is 6.39. The Morgan fingerprint density at radius 2 is 2.03 bits per heavy atom. The van der Waals surface area contributed by atoms with Gasteiger partial charge in [0.05, 0.1) is 11.7 Å². The van der Waals surface area contributed by atoms with Crippen molar-refractivity contribution >= 4 is 28.9 Å². The lowest BCUT2D eigenvalue weighted by atomic mass is 10.0. The summed E-state index contributed by atoms with van der Waals surface area (Å²) in [5.41, 5.74) is 3.87. The second-order valence-electron chi connectivity index (χ2n) is 7.88. The number of hydrogen-bond donors (Lipinski definition) is 2. The number of aryl methyl sites for hydroxylation is 3. The van der Waals surface area contributed by atoms with Crippen molar-refractivity contribution in [1.29, 1.82) is 0 Å². The smallest absolute Gasteiger partial charge is 0.226 e. The molecule has 6 nitrogen and oxygen atoms in total. The van der Waals surface area contributed by atoms with Crippen LogP contribution in [0.1, 0.15) is 46.8 Å². The van der Waals surface area contributed by atoms with Crippen molar-refractivity contribution < 1.29 is 9.21 Å². The first kappa shape index (κ1) is 21.1. The van der Waals surface area contributed by atoms with Crippen LogP contribution in [0.3, 0.4) is 0 Å². The zero-order valence-corrected chi connectivity index (χ0v) is 18.7. The first-order valence-electron chi connectivity index (χ1n) is 10.3. The molecule has 1 aliphatic heterocycles. The Labute approximate surface area is 187 Å². The van der Waals surface area contributed by atoms with E-state index in [1.807, 2.05) is 74.2 Å². The van der Waals surface area contributed by atoms with Gasteiger partial charge in [-0.1, -0.05) is 18.2 Å². The van der Waals surface area contributed by atoms with Gasteiger partial charge in [-0.3, -0.25) is 9.78 Å². The highest BCUT2D eigenvalue weighted by Gasteiger charge is 2.41. The number of rotatable bonds is 6. The zero-order chi connectivity index (χ0) is 22.0. The molecule has 3 heterocycles. The minimum Gasteiger partial charge on any atom is -0.464 e. The summed E-state index contributed by atoms with van der Waals surface area (Å²) in [7, 11) is 0. The minimum absolute atomic E-state index is 0.0489. The van der Waals surface area contributed by atoms with Crippen molar-refractivity contribution in [3.63, 3.8) is 0 Å². The molecule has 0 bridgehead atoms. The minimum atomic E-state index is -0.176. The van der Waals surface area contributed by atoms with Gasteiger partial charge < -0.3 is 20.0 Å². The van der Waals surface area contributed by atoms with E-state index in [1.165, 1.54) is 0 Å². The molecule has 1 saturated heterocycles. The lowest BCUT2D eigenvalue weighted by molar-refractivity contribution is -0.116. The van der Waals surface area contributed by atoms with E-state index >= 15 is 0 Å². The molecule has 2 aromatic heterocycles. The Morgan fingerprint density at radius 3 is 2.74 bits per heavy atom. The maximum absolute atomic E-state index is 12.7. The molecule has 160 valence electrons. The van der Waals surface area contributed by atoms with Crippen molar-refractivity contribution in [2.75, 3.05) is 11.9 Å². The number of nitrogens with zero attached hydrogens (tertiary/aromatic N) is 2. The molecule has 0 aliphatic carbocycles. The number of pyridine rings is 1. The van der Waals surface area contributed by atoms with E-state index in [4.69, 9.17) is 16.6 Å². The van der Waals surface area contributed by atoms with Crippen LogP contribution in [0.15, 0.2) is 59.1 Å². The number of benzene rings is 1. The van der Waals surface area contributed by atoms with E-state index in [0.29, 0.717) is 18.1 Å². The van der Waals surface area contributed by atoms with E-state index in [1.54, 1.807) is 6.20 Å². The van der Waals surface area contributed by atoms with E-state index in [9.17, 15) is 4.79 Å². The van der Waals surface area contributed by atoms with Gasteiger partial charge in [0.2, 0.25) is 5.91 Å². The Kier molecular flexibility index (Phi) is 6.04. The third-order valence-electron chi connectivity index (χ3n) is 5.50. The van der Waals surface area contributed by atoms with Crippen LogP contribution in [0.4, 0.5) is 5.69 Å². The van der Waals surface area contributed by atoms with Crippen LogP contribution in [-0.4, -0.2) is 27.4 Å². The predicted octanol–water partition coefficient (Wildman–Crippen LogP) is 4.60. The standard InChI is InChI=1S/C24H26N4O2S/c1-15-7-8-16(2)19(14-15)26-21(29)11-13-28-23(20-10-9-17(3)30-20)22(27-24(28)31)18-6-4-5-12-25-18/h4-10,12,14,22-23H,11,13H2,1-3H3,(H,26,29)(H,27,31). The van der Waals surface area contributed by atoms with Gasteiger partial charge in [-0.25, -0.2) is 0 Å². The number of carbonyl (C=O) groups excluding carboxylic acids is 1. The molecule has 1 aromatic carbocycles. The lowest BCUT2D eigenvalue weighted by Gasteiger charge is -2.25. The molecular weight excluding hydrogens is 408 g/mol. The van der Waals surface area contributed by atoms with Crippen molar-refractivity contribution in [2.24, 2.45) is 0 Å². The number of anilines is 1. The van der Waals surface area contributed by atoms with Gasteiger partial charge >= 0.3 is 0 Å². The third kappa shape index (κ3) is 4.61. The van der Waals surface area contributed by atoms with Crippen molar-refractivity contribution in [1.82, 2.24) is 15.2 Å². The molecular formula is C24H26N4O2S. The van der Waals surface area contributed by atoms with E-state index < -0.39 is 0 Å². The van der Waals surface area contributed by atoms with Crippen LogP contribution < -0.4 is 10.6 Å². The maximum Gasteiger partial charge on any atom is 0.226 e. The van der Waals surface area contributed by atoms with Crippen LogP contribution in [0.2, 0.25) is 0 Å². The number of aromatic nitrogens is 1. The molecule has 2 N–H and O–H groups in total. The normalized spacial score (nSPS) is 18.2. The molecule has 0 spiro atoms. The molecule has 1 aliphatic rings. The largest absolute Gasteiger partial charge is 0.464 e. The average molecular weight is 435 g/mol. The van der Waals surface area contributed by atoms with Crippen molar-refractivity contribution in [3.05, 3.63) is 83.1 Å². The Balaban J connectivity index is 1.52. The van der Waals surface area contributed by atoms with Crippen molar-refractivity contribution in [2.45, 2.75) is 39.3 Å². The summed E-state index contributed by atoms with van der Waals surface area (Å²) in [4.78, 5) is 19.2. The third-order valence-corrected chi connectivity index (χ3v) is 5.85. The molecule has 1 fully saturated rings. The number of thiocarbonyl (C=S) groups is 1. The van der Waals surface area contributed by atoms with Gasteiger partial charge in [0.1, 0.15) is 17.6 Å². The van der Waals surface area contributed by atoms with Gasteiger partial charge in [0.25, 0.3) is 0 Å². The van der Waals surface area contributed by atoms with E-state index in [-0.39, 0.29) is 18.0 Å². The van der Waals surface area contributed by atoms with Crippen molar-refractivity contribution in [3.8, 4) is 0 Å². The fourth-order valence-electron chi connectivity index (χ4n) is 3.87. The summed E-state index contributed by atoms with van der Waals surface area (Å²) < 4.78 is 5.96. The first-order valence-corrected chi connectivity index (χ1v) is 10.7. The van der Waals surface area contributed by atoms with Gasteiger partial charge in [-0.05, 0) is 74.4 Å². The van der Waals surface area contributed by atoms with Crippen LogP contribution in [-0.2, 0) is 4.79 Å². The van der Waals surface area contributed by atoms with Gasteiger partial charge in [-0.2, -0.15) is 0 Å². The number of hydrogen-bond acceptors (Lipinski definition) is 4. The van der Waals surface area contributed by atoms with Crippen LogP contribution in [0.25, 0.3) is 0 Å². The second kappa shape index (κ2) is 8.89. The summed E-state index contributed by atoms with van der Waals surface area (Å²) in [5.74, 6) is 1.59. The Bertz CT molecular complexity index is 1100. The highest BCUT2D eigenvalue weighted by atomic mass is 32.1. The van der Waals surface area contributed by atoms with E-state index in [2.05, 4.69) is 15.6 Å². The van der Waals surface area contributed by atoms with Crippen LogP contribution >= 0.6 is 12.2 Å². The molecule has 0 saturated carbocycles. The highest BCUT2D eigenvalue weighted by molar-refractivity contribution is 7.80. The summed E-state index contributed by atoms with van der Waals surface area (Å²) in [5, 5.41) is 6.99. The van der Waals surface area contributed by atoms with Gasteiger partial charge in [-0.15, -0.1) is 0 Å². The fourth-order valence-corrected chi connectivity index (χ4v) is 4.20. The molecule has 3 aromatic rings. The summed E-state index contributed by atoms with van der Waals surface area (Å²) in [6, 6.07) is 15.4.